The number of carbonyl (C=O) groups is 1. The van der Waals surface area contributed by atoms with Crippen molar-refractivity contribution in [3.05, 3.63) is 23.8 Å². The number of nitrogens with zero attached hydrogens (tertiary/aromatic N) is 1. The number of anilines is 1. The summed E-state index contributed by atoms with van der Waals surface area (Å²) in [5.41, 5.74) is 2.03. The van der Waals surface area contributed by atoms with E-state index in [4.69, 9.17) is 9.47 Å². The van der Waals surface area contributed by atoms with E-state index in [1.165, 1.54) is 11.3 Å². The SMILES string of the molecule is CC(C)(C)OC(=O)N1CCC(Oc2cccc3c2CCN3)CC1. The van der Waals surface area contributed by atoms with Gasteiger partial charge in [0.15, 0.2) is 0 Å². The second-order valence-corrected chi connectivity index (χ2v) is 7.24. The van der Waals surface area contributed by atoms with Crippen molar-refractivity contribution in [1.29, 1.82) is 0 Å². The van der Waals surface area contributed by atoms with Gasteiger partial charge in [0, 0.05) is 43.7 Å². The number of benzene rings is 1. The lowest BCUT2D eigenvalue weighted by molar-refractivity contribution is 0.0126. The maximum atomic E-state index is 12.1. The molecule has 0 aliphatic carbocycles. The lowest BCUT2D eigenvalue weighted by Crippen LogP contribution is -2.44. The number of nitrogens with one attached hydrogen (secondary N) is 1. The van der Waals surface area contributed by atoms with Crippen LogP contribution in [-0.4, -0.2) is 42.3 Å². The highest BCUT2D eigenvalue weighted by Gasteiger charge is 2.28. The third-order valence-electron chi connectivity index (χ3n) is 4.21. The zero-order valence-electron chi connectivity index (χ0n) is 14.2. The van der Waals surface area contributed by atoms with Crippen LogP contribution in [0.25, 0.3) is 0 Å². The Morgan fingerprint density at radius 3 is 2.70 bits per heavy atom. The summed E-state index contributed by atoms with van der Waals surface area (Å²) in [5.74, 6) is 0.989. The van der Waals surface area contributed by atoms with E-state index in [-0.39, 0.29) is 12.2 Å². The van der Waals surface area contributed by atoms with Gasteiger partial charge in [0.05, 0.1) is 0 Å². The minimum atomic E-state index is -0.442. The number of piperidine rings is 1. The zero-order valence-corrected chi connectivity index (χ0v) is 14.2. The standard InChI is InChI=1S/C18H26N2O3/c1-18(2,3)23-17(21)20-11-8-13(9-12-20)22-16-6-4-5-15-14(16)7-10-19-15/h4-6,13,19H,7-12H2,1-3H3. The highest BCUT2D eigenvalue weighted by Crippen LogP contribution is 2.32. The van der Waals surface area contributed by atoms with Gasteiger partial charge in [-0.15, -0.1) is 0 Å². The number of likely N-dealkylation sites (tertiary alicyclic amines) is 1. The first-order valence-electron chi connectivity index (χ1n) is 8.43. The molecule has 126 valence electrons. The molecule has 23 heavy (non-hydrogen) atoms. The van der Waals surface area contributed by atoms with E-state index >= 15 is 0 Å². The van der Waals surface area contributed by atoms with Crippen LogP contribution in [0.3, 0.4) is 0 Å². The molecule has 1 fully saturated rings. The van der Waals surface area contributed by atoms with Crippen molar-refractivity contribution in [1.82, 2.24) is 4.90 Å². The molecule has 5 heteroatoms. The van der Waals surface area contributed by atoms with Gasteiger partial charge in [0.1, 0.15) is 17.5 Å². The van der Waals surface area contributed by atoms with Crippen LogP contribution in [0.5, 0.6) is 5.75 Å². The molecular weight excluding hydrogens is 292 g/mol. The average molecular weight is 318 g/mol. The lowest BCUT2D eigenvalue weighted by Gasteiger charge is -2.33. The summed E-state index contributed by atoms with van der Waals surface area (Å²) in [6, 6.07) is 6.18. The Balaban J connectivity index is 1.54. The van der Waals surface area contributed by atoms with Crippen LogP contribution in [0.4, 0.5) is 10.5 Å². The predicted octanol–water partition coefficient (Wildman–Crippen LogP) is 3.43. The van der Waals surface area contributed by atoms with Crippen LogP contribution in [0.1, 0.15) is 39.2 Å². The van der Waals surface area contributed by atoms with Gasteiger partial charge in [0.25, 0.3) is 0 Å². The first kappa shape index (κ1) is 16.0. The summed E-state index contributed by atoms with van der Waals surface area (Å²) in [6.45, 7) is 8.03. The Kier molecular flexibility index (Phi) is 4.37. The van der Waals surface area contributed by atoms with E-state index in [0.717, 1.165) is 31.6 Å². The molecule has 1 amide bonds. The molecule has 0 atom stereocenters. The number of hydrogen-bond donors (Lipinski definition) is 1. The van der Waals surface area contributed by atoms with Gasteiger partial charge in [-0.3, -0.25) is 0 Å². The van der Waals surface area contributed by atoms with E-state index < -0.39 is 5.60 Å². The molecule has 2 aliphatic rings. The van der Waals surface area contributed by atoms with E-state index in [1.807, 2.05) is 32.9 Å². The van der Waals surface area contributed by atoms with Crippen molar-refractivity contribution < 1.29 is 14.3 Å². The highest BCUT2D eigenvalue weighted by atomic mass is 16.6. The van der Waals surface area contributed by atoms with Crippen LogP contribution < -0.4 is 10.1 Å². The molecule has 1 aromatic carbocycles. The molecule has 0 spiro atoms. The van der Waals surface area contributed by atoms with E-state index in [9.17, 15) is 4.79 Å². The Morgan fingerprint density at radius 1 is 1.26 bits per heavy atom. The molecule has 0 aromatic heterocycles. The molecular formula is C18H26N2O3. The number of amides is 1. The van der Waals surface area contributed by atoms with Crippen LogP contribution in [0.15, 0.2) is 18.2 Å². The normalized spacial score (nSPS) is 18.3. The molecule has 2 aliphatic heterocycles. The van der Waals surface area contributed by atoms with Gasteiger partial charge >= 0.3 is 6.09 Å². The van der Waals surface area contributed by atoms with Crippen LogP contribution in [-0.2, 0) is 11.2 Å². The van der Waals surface area contributed by atoms with Gasteiger partial charge < -0.3 is 19.7 Å². The summed E-state index contributed by atoms with van der Waals surface area (Å²) in [4.78, 5) is 13.9. The van der Waals surface area contributed by atoms with Crippen LogP contribution in [0, 0.1) is 0 Å². The van der Waals surface area contributed by atoms with E-state index in [1.54, 1.807) is 4.90 Å². The first-order chi connectivity index (χ1) is 10.9. The average Bonchev–Trinajstić information content (AvgIpc) is 2.96. The number of fused-ring (bicyclic) bond motifs is 1. The maximum Gasteiger partial charge on any atom is 0.410 e. The molecule has 1 saturated heterocycles. The Hall–Kier alpha value is -1.91. The summed E-state index contributed by atoms with van der Waals surface area (Å²) in [5, 5.41) is 3.37. The van der Waals surface area contributed by atoms with E-state index in [2.05, 4.69) is 11.4 Å². The maximum absolute atomic E-state index is 12.1. The van der Waals surface area contributed by atoms with Crippen molar-refractivity contribution in [2.24, 2.45) is 0 Å². The quantitative estimate of drug-likeness (QED) is 0.907. The Bertz CT molecular complexity index is 572. The van der Waals surface area contributed by atoms with Crippen LogP contribution in [0.2, 0.25) is 0 Å². The second kappa shape index (κ2) is 6.30. The lowest BCUT2D eigenvalue weighted by atomic mass is 10.1. The molecule has 1 N–H and O–H groups in total. The minimum absolute atomic E-state index is 0.167. The van der Waals surface area contributed by atoms with Crippen LogP contribution >= 0.6 is 0 Å². The van der Waals surface area contributed by atoms with Crippen molar-refractivity contribution in [2.45, 2.75) is 51.7 Å². The number of hydrogen-bond acceptors (Lipinski definition) is 4. The second-order valence-electron chi connectivity index (χ2n) is 7.24. The number of rotatable bonds is 2. The third-order valence-corrected chi connectivity index (χ3v) is 4.21. The molecule has 0 bridgehead atoms. The van der Waals surface area contributed by atoms with Crippen molar-refractivity contribution in [3.8, 4) is 5.75 Å². The largest absolute Gasteiger partial charge is 0.490 e. The number of ether oxygens (including phenoxy) is 2. The molecule has 0 radical (unpaired) electrons. The van der Waals surface area contributed by atoms with Crippen molar-refractivity contribution in [2.75, 3.05) is 25.0 Å². The smallest absolute Gasteiger partial charge is 0.410 e. The Labute approximate surface area is 137 Å². The summed E-state index contributed by atoms with van der Waals surface area (Å²) >= 11 is 0. The molecule has 2 heterocycles. The van der Waals surface area contributed by atoms with E-state index in [0.29, 0.717) is 13.1 Å². The number of carbonyl (C=O) groups excluding carboxylic acids is 1. The highest BCUT2D eigenvalue weighted by molar-refractivity contribution is 5.68. The molecule has 0 unspecified atom stereocenters. The molecule has 3 rings (SSSR count). The van der Waals surface area contributed by atoms with Gasteiger partial charge in [-0.2, -0.15) is 0 Å². The van der Waals surface area contributed by atoms with Gasteiger partial charge in [0.2, 0.25) is 0 Å². The molecule has 5 nitrogen and oxygen atoms in total. The molecule has 0 saturated carbocycles. The van der Waals surface area contributed by atoms with Gasteiger partial charge in [-0.05, 0) is 39.3 Å². The van der Waals surface area contributed by atoms with Crippen molar-refractivity contribution in [3.63, 3.8) is 0 Å². The molecule has 1 aromatic rings. The third kappa shape index (κ3) is 3.89. The fourth-order valence-electron chi connectivity index (χ4n) is 3.08. The van der Waals surface area contributed by atoms with Gasteiger partial charge in [-0.25, -0.2) is 4.79 Å². The Morgan fingerprint density at radius 2 is 2.00 bits per heavy atom. The predicted molar refractivity (Wildman–Crippen MR) is 90.1 cm³/mol. The zero-order chi connectivity index (χ0) is 16.4. The van der Waals surface area contributed by atoms with Gasteiger partial charge in [-0.1, -0.05) is 6.07 Å². The fraction of sp³-hybridized carbons (Fsp3) is 0.611. The topological polar surface area (TPSA) is 50.8 Å². The fourth-order valence-corrected chi connectivity index (χ4v) is 3.08. The van der Waals surface area contributed by atoms with Crippen molar-refractivity contribution >= 4 is 11.8 Å². The summed E-state index contributed by atoms with van der Waals surface area (Å²) < 4.78 is 11.6. The first-order valence-corrected chi connectivity index (χ1v) is 8.43. The minimum Gasteiger partial charge on any atom is -0.490 e. The monoisotopic (exact) mass is 318 g/mol. The summed E-state index contributed by atoms with van der Waals surface area (Å²) in [7, 11) is 0. The summed E-state index contributed by atoms with van der Waals surface area (Å²) in [6.07, 6.45) is 2.65.